The van der Waals surface area contributed by atoms with Crippen molar-refractivity contribution in [1.82, 2.24) is 14.2 Å². The first-order valence-corrected chi connectivity index (χ1v) is 12.2. The highest BCUT2D eigenvalue weighted by Crippen LogP contribution is 2.23. The van der Waals surface area contributed by atoms with E-state index >= 15 is 0 Å². The molecule has 0 unspecified atom stereocenters. The molecule has 0 spiro atoms. The number of nitrogens with one attached hydrogen (secondary N) is 1. The quantitative estimate of drug-likeness (QED) is 0.597. The van der Waals surface area contributed by atoms with Crippen LogP contribution in [0, 0.1) is 0 Å². The summed E-state index contributed by atoms with van der Waals surface area (Å²) in [6.45, 7) is 0.557. The molecule has 2 heterocycles. The molecule has 1 amide bonds. The van der Waals surface area contributed by atoms with E-state index in [0.29, 0.717) is 11.9 Å². The van der Waals surface area contributed by atoms with Crippen molar-refractivity contribution in [2.45, 2.75) is 24.6 Å². The SMILES string of the molecule is O=C(OCC(=O)N1CCN(S(=O)(=O)Cc2ccccc2)CC1)c1ccc(NC2CC2)nc1. The van der Waals surface area contributed by atoms with Crippen LogP contribution in [0.1, 0.15) is 28.8 Å². The van der Waals surface area contributed by atoms with E-state index in [1.54, 1.807) is 36.4 Å². The second kappa shape index (κ2) is 9.66. The van der Waals surface area contributed by atoms with Gasteiger partial charge in [-0.3, -0.25) is 4.79 Å². The first kappa shape index (κ1) is 22.2. The average molecular weight is 459 g/mol. The molecule has 0 radical (unpaired) electrons. The van der Waals surface area contributed by atoms with Gasteiger partial charge in [0.15, 0.2) is 6.61 Å². The third-order valence-corrected chi connectivity index (χ3v) is 7.28. The molecule has 1 aromatic heterocycles. The number of ether oxygens (including phenoxy) is 1. The predicted octanol–water partition coefficient (Wildman–Crippen LogP) is 1.49. The fraction of sp³-hybridized carbons (Fsp3) is 0.409. The lowest BCUT2D eigenvalue weighted by atomic mass is 10.2. The minimum atomic E-state index is -3.46. The number of benzene rings is 1. The van der Waals surface area contributed by atoms with Crippen LogP contribution in [0.3, 0.4) is 0 Å². The highest BCUT2D eigenvalue weighted by Gasteiger charge is 2.29. The van der Waals surface area contributed by atoms with Gasteiger partial charge in [0.1, 0.15) is 5.82 Å². The monoisotopic (exact) mass is 458 g/mol. The van der Waals surface area contributed by atoms with E-state index in [4.69, 9.17) is 4.74 Å². The summed E-state index contributed by atoms with van der Waals surface area (Å²) in [4.78, 5) is 30.3. The van der Waals surface area contributed by atoms with Gasteiger partial charge < -0.3 is 15.0 Å². The standard InChI is InChI=1S/C22H26N4O5S/c27-21(15-31-22(28)18-6-9-20(23-14-18)24-19-7-8-19)25-10-12-26(13-11-25)32(29,30)16-17-4-2-1-3-5-17/h1-6,9,14,19H,7-8,10-13,15-16H2,(H,23,24). The molecule has 0 atom stereocenters. The zero-order valence-electron chi connectivity index (χ0n) is 17.6. The summed E-state index contributed by atoms with van der Waals surface area (Å²) in [5.74, 6) is -0.325. The van der Waals surface area contributed by atoms with Crippen molar-refractivity contribution in [3.05, 3.63) is 59.8 Å². The number of sulfonamides is 1. The van der Waals surface area contributed by atoms with Crippen molar-refractivity contribution in [1.29, 1.82) is 0 Å². The second-order valence-electron chi connectivity index (χ2n) is 7.95. The maximum Gasteiger partial charge on any atom is 0.340 e. The molecule has 1 aliphatic carbocycles. The molecule has 1 N–H and O–H groups in total. The summed E-state index contributed by atoms with van der Waals surface area (Å²) >= 11 is 0. The van der Waals surface area contributed by atoms with Gasteiger partial charge in [0, 0.05) is 38.4 Å². The molecule has 0 bridgehead atoms. The molecule has 32 heavy (non-hydrogen) atoms. The Labute approximate surface area is 187 Å². The Balaban J connectivity index is 1.22. The van der Waals surface area contributed by atoms with Crippen molar-refractivity contribution >= 4 is 27.7 Å². The normalized spacial score (nSPS) is 17.1. The molecule has 1 aromatic carbocycles. The van der Waals surface area contributed by atoms with Gasteiger partial charge in [0.25, 0.3) is 5.91 Å². The van der Waals surface area contributed by atoms with Gasteiger partial charge in [-0.2, -0.15) is 4.31 Å². The summed E-state index contributed by atoms with van der Waals surface area (Å²) in [5.41, 5.74) is 1.000. The zero-order chi connectivity index (χ0) is 22.6. The molecule has 1 saturated carbocycles. The smallest absolute Gasteiger partial charge is 0.340 e. The number of hydrogen-bond donors (Lipinski definition) is 1. The maximum atomic E-state index is 12.6. The summed E-state index contributed by atoms with van der Waals surface area (Å²) in [6.07, 6.45) is 3.68. The predicted molar refractivity (Wildman–Crippen MR) is 118 cm³/mol. The Hall–Kier alpha value is -2.98. The van der Waals surface area contributed by atoms with Crippen LogP contribution in [-0.2, 0) is 25.3 Å². The first-order valence-electron chi connectivity index (χ1n) is 10.6. The minimum absolute atomic E-state index is 0.0671. The van der Waals surface area contributed by atoms with Crippen LogP contribution in [0.15, 0.2) is 48.7 Å². The number of amides is 1. The molecule has 9 nitrogen and oxygen atoms in total. The van der Waals surface area contributed by atoms with Crippen LogP contribution < -0.4 is 5.32 Å². The number of esters is 1. The Kier molecular flexibility index (Phi) is 6.71. The molecule has 4 rings (SSSR count). The van der Waals surface area contributed by atoms with Crippen LogP contribution in [0.5, 0.6) is 0 Å². The van der Waals surface area contributed by atoms with Gasteiger partial charge in [0.2, 0.25) is 10.0 Å². The number of carbonyl (C=O) groups is 2. The van der Waals surface area contributed by atoms with Gasteiger partial charge in [-0.05, 0) is 30.5 Å². The van der Waals surface area contributed by atoms with Gasteiger partial charge in [-0.25, -0.2) is 18.2 Å². The highest BCUT2D eigenvalue weighted by molar-refractivity contribution is 7.88. The van der Waals surface area contributed by atoms with E-state index in [1.165, 1.54) is 15.4 Å². The second-order valence-corrected chi connectivity index (χ2v) is 9.92. The fourth-order valence-corrected chi connectivity index (χ4v) is 4.95. The minimum Gasteiger partial charge on any atom is -0.452 e. The molecule has 170 valence electrons. The topological polar surface area (TPSA) is 109 Å². The first-order chi connectivity index (χ1) is 15.4. The summed E-state index contributed by atoms with van der Waals surface area (Å²) in [5, 5.41) is 3.23. The Bertz CT molecular complexity index is 1050. The average Bonchev–Trinajstić information content (AvgIpc) is 3.62. The third-order valence-electron chi connectivity index (χ3n) is 5.43. The Morgan fingerprint density at radius 2 is 1.75 bits per heavy atom. The van der Waals surface area contributed by atoms with Gasteiger partial charge in [-0.1, -0.05) is 30.3 Å². The molecule has 2 fully saturated rings. The summed E-state index contributed by atoms with van der Waals surface area (Å²) < 4.78 is 31.8. The molecule has 2 aromatic rings. The molecule has 2 aliphatic rings. The largest absolute Gasteiger partial charge is 0.452 e. The molecule has 10 heteroatoms. The Morgan fingerprint density at radius 1 is 1.03 bits per heavy atom. The number of aromatic nitrogens is 1. The fourth-order valence-electron chi connectivity index (χ4n) is 3.43. The molecule has 1 aliphatic heterocycles. The van der Waals surface area contributed by atoms with Crippen LogP contribution in [0.2, 0.25) is 0 Å². The van der Waals surface area contributed by atoms with Crippen molar-refractivity contribution in [3.8, 4) is 0 Å². The van der Waals surface area contributed by atoms with Gasteiger partial charge in [-0.15, -0.1) is 0 Å². The lowest BCUT2D eigenvalue weighted by Crippen LogP contribution is -2.51. The van der Waals surface area contributed by atoms with Crippen LogP contribution in [0.4, 0.5) is 5.82 Å². The lowest BCUT2D eigenvalue weighted by molar-refractivity contribution is -0.135. The molecule has 1 saturated heterocycles. The summed E-state index contributed by atoms with van der Waals surface area (Å²) in [7, 11) is -3.46. The molecular weight excluding hydrogens is 432 g/mol. The van der Waals surface area contributed by atoms with Crippen molar-refractivity contribution in [2.75, 3.05) is 38.1 Å². The number of carbonyl (C=O) groups excluding carboxylic acids is 2. The van der Waals surface area contributed by atoms with Crippen LogP contribution in [0.25, 0.3) is 0 Å². The van der Waals surface area contributed by atoms with E-state index in [-0.39, 0.29) is 43.4 Å². The zero-order valence-corrected chi connectivity index (χ0v) is 18.5. The van der Waals surface area contributed by atoms with Gasteiger partial charge >= 0.3 is 5.97 Å². The number of nitrogens with zero attached hydrogens (tertiary/aromatic N) is 3. The lowest BCUT2D eigenvalue weighted by Gasteiger charge is -2.33. The third kappa shape index (κ3) is 5.83. The van der Waals surface area contributed by atoms with Crippen molar-refractivity contribution in [2.24, 2.45) is 0 Å². The number of hydrogen-bond acceptors (Lipinski definition) is 7. The van der Waals surface area contributed by atoms with E-state index in [1.807, 2.05) is 6.07 Å². The van der Waals surface area contributed by atoms with Crippen LogP contribution in [-0.4, -0.2) is 73.3 Å². The van der Waals surface area contributed by atoms with E-state index in [2.05, 4.69) is 10.3 Å². The number of rotatable bonds is 8. The van der Waals surface area contributed by atoms with E-state index < -0.39 is 22.6 Å². The van der Waals surface area contributed by atoms with Gasteiger partial charge in [0.05, 0.1) is 11.3 Å². The van der Waals surface area contributed by atoms with E-state index in [9.17, 15) is 18.0 Å². The molecular formula is C22H26N4O5S. The van der Waals surface area contributed by atoms with Crippen LogP contribution >= 0.6 is 0 Å². The number of anilines is 1. The Morgan fingerprint density at radius 3 is 2.38 bits per heavy atom. The van der Waals surface area contributed by atoms with E-state index in [0.717, 1.165) is 18.4 Å². The highest BCUT2D eigenvalue weighted by atomic mass is 32.2. The number of pyridine rings is 1. The van der Waals surface area contributed by atoms with Crippen molar-refractivity contribution < 1.29 is 22.7 Å². The number of piperazine rings is 1. The maximum absolute atomic E-state index is 12.6. The van der Waals surface area contributed by atoms with Crippen molar-refractivity contribution in [3.63, 3.8) is 0 Å². The summed E-state index contributed by atoms with van der Waals surface area (Å²) in [6, 6.07) is 12.8.